The predicted octanol–water partition coefficient (Wildman–Crippen LogP) is 2.83. The molecule has 0 aliphatic carbocycles. The number of thiol groups is 2. The van der Waals surface area contributed by atoms with Gasteiger partial charge in [0.2, 0.25) is 0 Å². The third kappa shape index (κ3) is 7.91. The van der Waals surface area contributed by atoms with E-state index in [1.807, 2.05) is 30.3 Å². The summed E-state index contributed by atoms with van der Waals surface area (Å²) in [6.45, 7) is 0. The van der Waals surface area contributed by atoms with Gasteiger partial charge in [-0.3, -0.25) is 0 Å². The number of thiocarbonyl (C=S) groups is 1. The molecule has 1 nitrogen and oxygen atoms in total. The topological polar surface area (TPSA) is 9.23 Å². The standard InChI is InChI=1S/C7H8O.CH2S3/c1-8-7-5-3-2-4-6-7;2-1(3)4/h2-6H,1H3;(H2,2,3,4). The maximum Gasteiger partial charge on any atom is 0.118 e. The molecule has 0 saturated heterocycles. The van der Waals surface area contributed by atoms with Crippen LogP contribution in [0.2, 0.25) is 0 Å². The molecule has 0 saturated carbocycles. The minimum atomic E-state index is 0.389. The maximum atomic E-state index is 4.91. The molecular weight excluding hydrogens is 208 g/mol. The molecule has 0 heterocycles. The van der Waals surface area contributed by atoms with Crippen LogP contribution in [-0.4, -0.2) is 10.6 Å². The minimum absolute atomic E-state index is 0.389. The van der Waals surface area contributed by atoms with E-state index in [1.54, 1.807) is 7.11 Å². The van der Waals surface area contributed by atoms with Crippen molar-refractivity contribution >= 4 is 41.0 Å². The highest BCUT2D eigenvalue weighted by Crippen LogP contribution is 2.05. The van der Waals surface area contributed by atoms with E-state index in [4.69, 9.17) is 4.74 Å². The first kappa shape index (κ1) is 11.8. The number of hydrogen-bond donors (Lipinski definition) is 2. The molecule has 66 valence electrons. The Labute approximate surface area is 88.9 Å². The average Bonchev–Trinajstić information content (AvgIpc) is 2.05. The third-order valence-corrected chi connectivity index (χ3v) is 0.979. The van der Waals surface area contributed by atoms with Crippen LogP contribution in [0.1, 0.15) is 0 Å². The molecular formula is C8H10OS3. The van der Waals surface area contributed by atoms with Crippen molar-refractivity contribution < 1.29 is 4.74 Å². The summed E-state index contributed by atoms with van der Waals surface area (Å²) in [6.07, 6.45) is 0. The molecule has 1 aromatic rings. The molecule has 0 N–H and O–H groups in total. The molecule has 0 bridgehead atoms. The lowest BCUT2D eigenvalue weighted by molar-refractivity contribution is 0.415. The molecule has 0 aliphatic heterocycles. The van der Waals surface area contributed by atoms with Gasteiger partial charge < -0.3 is 4.74 Å². The van der Waals surface area contributed by atoms with E-state index in [-0.39, 0.29) is 0 Å². The lowest BCUT2D eigenvalue weighted by atomic mass is 10.3. The number of rotatable bonds is 1. The van der Waals surface area contributed by atoms with Crippen LogP contribution in [0.15, 0.2) is 30.3 Å². The fraction of sp³-hybridized carbons (Fsp3) is 0.125. The highest BCUT2D eigenvalue weighted by molar-refractivity contribution is 8.34. The highest BCUT2D eigenvalue weighted by Gasteiger charge is 1.80. The molecule has 1 aromatic carbocycles. The lowest BCUT2D eigenvalue weighted by Crippen LogP contribution is -1.78. The van der Waals surface area contributed by atoms with Crippen molar-refractivity contribution in [2.24, 2.45) is 0 Å². The second-order valence-corrected chi connectivity index (χ2v) is 4.06. The molecule has 0 amide bonds. The van der Waals surface area contributed by atoms with Gasteiger partial charge in [0.15, 0.2) is 0 Å². The van der Waals surface area contributed by atoms with Crippen LogP contribution in [-0.2, 0) is 0 Å². The summed E-state index contributed by atoms with van der Waals surface area (Å²) in [5.41, 5.74) is 0. The van der Waals surface area contributed by atoms with Crippen molar-refractivity contribution in [1.29, 1.82) is 0 Å². The van der Waals surface area contributed by atoms with Crippen LogP contribution in [0, 0.1) is 0 Å². The van der Waals surface area contributed by atoms with Gasteiger partial charge in [-0.25, -0.2) is 0 Å². The zero-order valence-electron chi connectivity index (χ0n) is 6.60. The van der Waals surface area contributed by atoms with Crippen molar-refractivity contribution in [3.8, 4) is 5.75 Å². The summed E-state index contributed by atoms with van der Waals surface area (Å²) >= 11 is 11.4. The minimum Gasteiger partial charge on any atom is -0.497 e. The van der Waals surface area contributed by atoms with Crippen LogP contribution in [0.5, 0.6) is 5.75 Å². The van der Waals surface area contributed by atoms with Gasteiger partial charge in [-0.1, -0.05) is 30.4 Å². The fourth-order valence-electron chi connectivity index (χ4n) is 0.557. The van der Waals surface area contributed by atoms with Gasteiger partial charge in [-0.2, -0.15) is 0 Å². The van der Waals surface area contributed by atoms with Crippen molar-refractivity contribution in [3.05, 3.63) is 30.3 Å². The number of methoxy groups -OCH3 is 1. The second kappa shape index (κ2) is 7.46. The first-order valence-electron chi connectivity index (χ1n) is 3.17. The zero-order chi connectivity index (χ0) is 9.40. The molecule has 0 spiro atoms. The number of hydrogen-bond acceptors (Lipinski definition) is 2. The Kier molecular flexibility index (Phi) is 7.34. The summed E-state index contributed by atoms with van der Waals surface area (Å²) in [5.74, 6) is 0.910. The molecule has 4 heteroatoms. The Bertz CT molecular complexity index is 219. The van der Waals surface area contributed by atoms with Gasteiger partial charge in [0, 0.05) is 0 Å². The van der Waals surface area contributed by atoms with E-state index < -0.39 is 0 Å². The van der Waals surface area contributed by atoms with E-state index in [0.29, 0.717) is 3.53 Å². The lowest BCUT2D eigenvalue weighted by Gasteiger charge is -1.93. The fourth-order valence-corrected chi connectivity index (χ4v) is 0.557. The van der Waals surface area contributed by atoms with Crippen LogP contribution < -0.4 is 4.74 Å². The average molecular weight is 218 g/mol. The quantitative estimate of drug-likeness (QED) is 0.554. The van der Waals surface area contributed by atoms with Gasteiger partial charge in [0.25, 0.3) is 0 Å². The maximum absolute atomic E-state index is 4.91. The predicted molar refractivity (Wildman–Crippen MR) is 63.6 cm³/mol. The van der Waals surface area contributed by atoms with Crippen LogP contribution >= 0.6 is 37.5 Å². The Morgan fingerprint density at radius 2 is 1.67 bits per heavy atom. The van der Waals surface area contributed by atoms with Crippen LogP contribution in [0.25, 0.3) is 0 Å². The van der Waals surface area contributed by atoms with Crippen molar-refractivity contribution in [2.75, 3.05) is 7.11 Å². The van der Waals surface area contributed by atoms with Crippen molar-refractivity contribution in [2.45, 2.75) is 0 Å². The van der Waals surface area contributed by atoms with Gasteiger partial charge in [-0.05, 0) is 12.1 Å². The van der Waals surface area contributed by atoms with E-state index >= 15 is 0 Å². The first-order valence-corrected chi connectivity index (χ1v) is 4.48. The molecule has 1 rings (SSSR count). The van der Waals surface area contributed by atoms with Crippen molar-refractivity contribution in [1.82, 2.24) is 0 Å². The largest absolute Gasteiger partial charge is 0.497 e. The van der Waals surface area contributed by atoms with Crippen molar-refractivity contribution in [3.63, 3.8) is 0 Å². The molecule has 0 radical (unpaired) electrons. The van der Waals surface area contributed by atoms with Crippen LogP contribution in [0.3, 0.4) is 0 Å². The Balaban J connectivity index is 0.000000261. The SMILES string of the molecule is COc1ccccc1.S=C(S)S. The summed E-state index contributed by atoms with van der Waals surface area (Å²) in [5, 5.41) is 0. The second-order valence-electron chi connectivity index (χ2n) is 1.80. The molecule has 0 unspecified atom stereocenters. The van der Waals surface area contributed by atoms with Gasteiger partial charge in [0.05, 0.1) is 10.6 Å². The number of benzene rings is 1. The van der Waals surface area contributed by atoms with E-state index in [2.05, 4.69) is 37.5 Å². The third-order valence-electron chi connectivity index (χ3n) is 0.979. The molecule has 0 aliphatic rings. The number of ether oxygens (including phenoxy) is 1. The molecule has 0 atom stereocenters. The van der Waals surface area contributed by atoms with E-state index in [9.17, 15) is 0 Å². The van der Waals surface area contributed by atoms with E-state index in [0.717, 1.165) is 5.75 Å². The number of para-hydroxylation sites is 1. The van der Waals surface area contributed by atoms with Crippen LogP contribution in [0.4, 0.5) is 0 Å². The Morgan fingerprint density at radius 3 is 1.92 bits per heavy atom. The molecule has 0 fully saturated rings. The monoisotopic (exact) mass is 218 g/mol. The first-order chi connectivity index (χ1) is 5.66. The normalized spacial score (nSPS) is 7.92. The smallest absolute Gasteiger partial charge is 0.118 e. The summed E-state index contributed by atoms with van der Waals surface area (Å²) in [7, 11) is 1.66. The van der Waals surface area contributed by atoms with Gasteiger partial charge >= 0.3 is 0 Å². The highest BCUT2D eigenvalue weighted by atomic mass is 32.2. The van der Waals surface area contributed by atoms with E-state index in [1.165, 1.54) is 0 Å². The molecule has 12 heavy (non-hydrogen) atoms. The zero-order valence-corrected chi connectivity index (χ0v) is 9.20. The molecule has 0 aromatic heterocycles. The Morgan fingerprint density at radius 1 is 1.25 bits per heavy atom. The Hall–Kier alpha value is -0.190. The summed E-state index contributed by atoms with van der Waals surface area (Å²) in [6, 6.07) is 9.68. The van der Waals surface area contributed by atoms with Gasteiger partial charge in [-0.15, -0.1) is 25.3 Å². The summed E-state index contributed by atoms with van der Waals surface area (Å²) < 4.78 is 5.30. The summed E-state index contributed by atoms with van der Waals surface area (Å²) in [4.78, 5) is 0. The van der Waals surface area contributed by atoms with Gasteiger partial charge in [0.1, 0.15) is 5.75 Å².